The molecule has 0 aromatic heterocycles. The fourth-order valence-corrected chi connectivity index (χ4v) is 5.35. The molecule has 0 saturated carbocycles. The summed E-state index contributed by atoms with van der Waals surface area (Å²) in [5.41, 5.74) is 2.92. The maximum atomic E-state index is 12.0. The summed E-state index contributed by atoms with van der Waals surface area (Å²) in [6.45, 7) is 0. The van der Waals surface area contributed by atoms with Crippen LogP contribution in [0.15, 0.2) is 107 Å². The number of hydrogen-bond acceptors (Lipinski definition) is 4. The molecule has 0 aliphatic carbocycles. The van der Waals surface area contributed by atoms with Crippen molar-refractivity contribution in [2.45, 2.75) is 9.79 Å². The van der Waals surface area contributed by atoms with Gasteiger partial charge in [-0.3, -0.25) is 9.11 Å². The zero-order valence-electron chi connectivity index (χ0n) is 17.6. The van der Waals surface area contributed by atoms with Crippen LogP contribution in [0.3, 0.4) is 0 Å². The van der Waals surface area contributed by atoms with Gasteiger partial charge in [-0.2, -0.15) is 16.8 Å². The molecule has 0 fully saturated rings. The van der Waals surface area contributed by atoms with Gasteiger partial charge in [0.05, 0.1) is 9.79 Å². The first kappa shape index (κ1) is 29.0. The van der Waals surface area contributed by atoms with Gasteiger partial charge in [-0.15, -0.1) is 0 Å². The average molecular weight is 539 g/mol. The van der Waals surface area contributed by atoms with Crippen molar-refractivity contribution in [3.05, 3.63) is 97.1 Å². The van der Waals surface area contributed by atoms with Gasteiger partial charge in [0, 0.05) is 0 Å². The van der Waals surface area contributed by atoms with Crippen molar-refractivity contribution in [1.82, 2.24) is 0 Å². The predicted molar refractivity (Wildman–Crippen MR) is 146 cm³/mol. The van der Waals surface area contributed by atoms with Crippen molar-refractivity contribution >= 4 is 101 Å². The molecule has 0 aliphatic rings. The van der Waals surface area contributed by atoms with Crippen LogP contribution in [0, 0.1) is 0 Å². The Labute approximate surface area is 253 Å². The minimum absolute atomic E-state index is 0. The van der Waals surface area contributed by atoms with Crippen LogP contribution in [-0.2, 0) is 20.2 Å². The second kappa shape index (κ2) is 11.0. The van der Waals surface area contributed by atoms with E-state index in [2.05, 4.69) is 0 Å². The van der Waals surface area contributed by atoms with E-state index in [0.29, 0.717) is 32.7 Å². The molecule has 10 heteroatoms. The standard InChI is InChI=1S/C26H18O6S2.2Na.2H/c27-33(28,29)19-12-14-22-23(15-19)25(17-7-3-1-4-8-17)21-13-11-20(34(30,31)32)16-24(21)26(22)18-9-5-2-6-10-18;;;;/h1-16H,(H,27,28,29)(H,30,31,32);;;;. The fraction of sp³-hybridized carbons (Fsp3) is 0. The molecule has 6 nitrogen and oxygen atoms in total. The average Bonchev–Trinajstić information content (AvgIpc) is 2.81. The van der Waals surface area contributed by atoms with E-state index in [1.165, 1.54) is 24.3 Å². The first-order chi connectivity index (χ1) is 16.1. The summed E-state index contributed by atoms with van der Waals surface area (Å²) in [5, 5.41) is 2.48. The summed E-state index contributed by atoms with van der Waals surface area (Å²) in [4.78, 5) is -0.491. The predicted octanol–water partition coefficient (Wildman–Crippen LogP) is 4.52. The van der Waals surface area contributed by atoms with Gasteiger partial charge in [0.2, 0.25) is 0 Å². The summed E-state index contributed by atoms with van der Waals surface area (Å²) in [6.07, 6.45) is 0. The molecule has 0 heterocycles. The Bertz CT molecular complexity index is 1650. The molecule has 0 amide bonds. The minimum atomic E-state index is -4.46. The molecular weight excluding hydrogens is 518 g/mol. The molecule has 0 aliphatic heterocycles. The summed E-state index contributed by atoms with van der Waals surface area (Å²) in [7, 11) is -8.92. The van der Waals surface area contributed by atoms with E-state index in [9.17, 15) is 25.9 Å². The van der Waals surface area contributed by atoms with Gasteiger partial charge in [0.1, 0.15) is 0 Å². The van der Waals surface area contributed by atoms with Gasteiger partial charge in [-0.05, 0) is 68.1 Å². The van der Waals surface area contributed by atoms with Crippen molar-refractivity contribution in [3.8, 4) is 22.3 Å². The zero-order chi connectivity index (χ0) is 24.1. The Morgan fingerprint density at radius 3 is 1.08 bits per heavy atom. The van der Waals surface area contributed by atoms with E-state index in [-0.39, 0.29) is 68.9 Å². The van der Waals surface area contributed by atoms with Crippen LogP contribution in [-0.4, -0.2) is 85.1 Å². The van der Waals surface area contributed by atoms with Crippen LogP contribution in [0.2, 0.25) is 0 Å². The monoisotopic (exact) mass is 538 g/mol. The molecule has 174 valence electrons. The Morgan fingerprint density at radius 2 is 0.778 bits per heavy atom. The molecule has 5 aromatic rings. The zero-order valence-corrected chi connectivity index (χ0v) is 19.2. The summed E-state index contributed by atoms with van der Waals surface area (Å²) >= 11 is 0. The van der Waals surface area contributed by atoms with Gasteiger partial charge in [0.25, 0.3) is 20.2 Å². The van der Waals surface area contributed by atoms with Crippen LogP contribution in [0.4, 0.5) is 0 Å². The van der Waals surface area contributed by atoms with Gasteiger partial charge in [-0.1, -0.05) is 72.8 Å². The number of benzene rings is 5. The van der Waals surface area contributed by atoms with Crippen molar-refractivity contribution in [3.63, 3.8) is 0 Å². The summed E-state index contributed by atoms with van der Waals surface area (Å²) < 4.78 is 67.3. The van der Waals surface area contributed by atoms with Crippen LogP contribution >= 0.6 is 0 Å². The molecule has 36 heavy (non-hydrogen) atoms. The Morgan fingerprint density at radius 1 is 0.444 bits per heavy atom. The SMILES string of the molecule is O=S(=O)(O)c1ccc2c(-c3ccccc3)c3cc(S(=O)(=O)O)ccc3c(-c3ccccc3)c2c1.[NaH].[NaH]. The Balaban J connectivity index is 0.00000180. The van der Waals surface area contributed by atoms with Gasteiger partial charge in [0.15, 0.2) is 0 Å². The maximum absolute atomic E-state index is 12.0. The van der Waals surface area contributed by atoms with Crippen LogP contribution in [0.25, 0.3) is 43.8 Å². The summed E-state index contributed by atoms with van der Waals surface area (Å²) in [6, 6.07) is 27.3. The third-order valence-electron chi connectivity index (χ3n) is 5.78. The molecule has 5 rings (SSSR count). The molecule has 0 spiro atoms. The molecule has 0 saturated heterocycles. The molecular formula is C26H20Na2O6S2. The fourth-order valence-electron chi connectivity index (χ4n) is 4.34. The van der Waals surface area contributed by atoms with E-state index in [4.69, 9.17) is 0 Å². The quantitative estimate of drug-likeness (QED) is 0.198. The van der Waals surface area contributed by atoms with E-state index in [1.54, 1.807) is 12.1 Å². The molecule has 0 unspecified atom stereocenters. The normalized spacial score (nSPS) is 11.6. The number of hydrogen-bond donors (Lipinski definition) is 2. The number of fused-ring (bicyclic) bond motifs is 2. The first-order valence-electron chi connectivity index (χ1n) is 10.2. The Hall–Kier alpha value is -1.56. The van der Waals surface area contributed by atoms with Crippen molar-refractivity contribution in [2.24, 2.45) is 0 Å². The van der Waals surface area contributed by atoms with E-state index >= 15 is 0 Å². The Kier molecular flexibility index (Phi) is 8.90. The van der Waals surface area contributed by atoms with E-state index < -0.39 is 20.2 Å². The van der Waals surface area contributed by atoms with Crippen LogP contribution in [0.5, 0.6) is 0 Å². The third-order valence-corrected chi connectivity index (χ3v) is 7.48. The van der Waals surface area contributed by atoms with Crippen LogP contribution in [0.1, 0.15) is 0 Å². The van der Waals surface area contributed by atoms with Gasteiger partial charge >= 0.3 is 59.1 Å². The first-order valence-corrected chi connectivity index (χ1v) is 13.1. The van der Waals surface area contributed by atoms with E-state index in [1.807, 2.05) is 60.7 Å². The molecule has 5 aromatic carbocycles. The van der Waals surface area contributed by atoms with Crippen molar-refractivity contribution in [2.75, 3.05) is 0 Å². The topological polar surface area (TPSA) is 109 Å². The third kappa shape index (κ3) is 5.49. The van der Waals surface area contributed by atoms with Gasteiger partial charge in [-0.25, -0.2) is 0 Å². The number of rotatable bonds is 4. The molecule has 2 N–H and O–H groups in total. The molecule has 0 bridgehead atoms. The summed E-state index contributed by atoms with van der Waals surface area (Å²) in [5.74, 6) is 0. The van der Waals surface area contributed by atoms with Gasteiger partial charge < -0.3 is 0 Å². The molecule has 0 atom stereocenters. The van der Waals surface area contributed by atoms with Crippen LogP contribution < -0.4 is 0 Å². The second-order valence-corrected chi connectivity index (χ2v) is 10.7. The second-order valence-electron chi connectivity index (χ2n) is 7.85. The van der Waals surface area contributed by atoms with Crippen molar-refractivity contribution in [1.29, 1.82) is 0 Å². The molecule has 0 radical (unpaired) electrons. The van der Waals surface area contributed by atoms with E-state index in [0.717, 1.165) is 11.1 Å². The van der Waals surface area contributed by atoms with Crippen molar-refractivity contribution < 1.29 is 25.9 Å².